The number of halogens is 1. The molecule has 1 aliphatic heterocycles. The first kappa shape index (κ1) is 23.6. The van der Waals surface area contributed by atoms with Crippen LogP contribution in [0.5, 0.6) is 0 Å². The number of urea groups is 1. The zero-order chi connectivity index (χ0) is 23.0. The molecule has 3 amide bonds. The maximum absolute atomic E-state index is 12.8. The molecule has 4 rings (SSSR count). The van der Waals surface area contributed by atoms with Crippen LogP contribution in [0.1, 0.15) is 55.6 Å². The molecule has 0 spiro atoms. The zero-order valence-electron chi connectivity index (χ0n) is 19.0. The van der Waals surface area contributed by atoms with Gasteiger partial charge in [0.05, 0.1) is 6.04 Å². The summed E-state index contributed by atoms with van der Waals surface area (Å²) >= 11 is 5.92. The lowest BCUT2D eigenvalue weighted by Crippen LogP contribution is -2.57. The van der Waals surface area contributed by atoms with Gasteiger partial charge in [0, 0.05) is 43.3 Å². The number of nitrogens with one attached hydrogen (secondary N) is 3. The highest BCUT2D eigenvalue weighted by atomic mass is 35.5. The van der Waals surface area contributed by atoms with Crippen molar-refractivity contribution >= 4 is 29.2 Å². The predicted octanol–water partition coefficient (Wildman–Crippen LogP) is 4.90. The molecule has 0 bridgehead atoms. The standard InChI is InChI=1S/C26H33ClN4O2/c27-22-10-6-19(7-11-22)17-29-26(33)31-15-14-28-18-24(31)16-25(32)30-23-12-8-21(9-13-23)20-4-2-1-3-5-20/h6-13,20,24,28H,1-5,14-18H2,(H,29,33)(H,30,32). The van der Waals surface area contributed by atoms with Crippen LogP contribution in [0.4, 0.5) is 10.5 Å². The van der Waals surface area contributed by atoms with Gasteiger partial charge in [0.1, 0.15) is 0 Å². The van der Waals surface area contributed by atoms with E-state index in [1.807, 2.05) is 36.4 Å². The first-order valence-corrected chi connectivity index (χ1v) is 12.4. The van der Waals surface area contributed by atoms with E-state index < -0.39 is 0 Å². The molecular weight excluding hydrogens is 436 g/mol. The van der Waals surface area contributed by atoms with Gasteiger partial charge in [0.2, 0.25) is 5.91 Å². The van der Waals surface area contributed by atoms with E-state index in [9.17, 15) is 9.59 Å². The molecule has 1 aliphatic carbocycles. The monoisotopic (exact) mass is 468 g/mol. The van der Waals surface area contributed by atoms with Crippen LogP contribution in [0.2, 0.25) is 5.02 Å². The molecule has 1 heterocycles. The Labute approximate surface area is 201 Å². The molecule has 2 aliphatic rings. The number of hydrogen-bond donors (Lipinski definition) is 3. The molecule has 3 N–H and O–H groups in total. The van der Waals surface area contributed by atoms with Gasteiger partial charge in [-0.15, -0.1) is 0 Å². The number of rotatable bonds is 6. The van der Waals surface area contributed by atoms with Gasteiger partial charge in [-0.1, -0.05) is 55.1 Å². The average molecular weight is 469 g/mol. The molecule has 1 saturated carbocycles. The second kappa shape index (κ2) is 11.5. The average Bonchev–Trinajstić information content (AvgIpc) is 2.85. The summed E-state index contributed by atoms with van der Waals surface area (Å²) in [5.74, 6) is 0.571. The van der Waals surface area contributed by atoms with Gasteiger partial charge in [-0.25, -0.2) is 4.79 Å². The molecule has 2 aromatic rings. The zero-order valence-corrected chi connectivity index (χ0v) is 19.7. The largest absolute Gasteiger partial charge is 0.334 e. The number of benzene rings is 2. The quantitative estimate of drug-likeness (QED) is 0.564. The van der Waals surface area contributed by atoms with Crippen LogP contribution in [-0.2, 0) is 11.3 Å². The van der Waals surface area contributed by atoms with E-state index in [4.69, 9.17) is 11.6 Å². The Kier molecular flexibility index (Phi) is 8.24. The Morgan fingerprint density at radius 1 is 1.00 bits per heavy atom. The number of amides is 3. The lowest BCUT2D eigenvalue weighted by molar-refractivity contribution is -0.117. The van der Waals surface area contributed by atoms with Gasteiger partial charge in [0.15, 0.2) is 0 Å². The third-order valence-electron chi connectivity index (χ3n) is 6.66. The highest BCUT2D eigenvalue weighted by molar-refractivity contribution is 6.30. The van der Waals surface area contributed by atoms with Crippen LogP contribution < -0.4 is 16.0 Å². The molecule has 7 heteroatoms. The van der Waals surface area contributed by atoms with Crippen molar-refractivity contribution in [2.45, 2.75) is 57.0 Å². The van der Waals surface area contributed by atoms with E-state index in [0.717, 1.165) is 17.8 Å². The fourth-order valence-corrected chi connectivity index (χ4v) is 4.92. The number of piperazine rings is 1. The summed E-state index contributed by atoms with van der Waals surface area (Å²) in [6.45, 7) is 2.31. The smallest absolute Gasteiger partial charge is 0.318 e. The van der Waals surface area contributed by atoms with Gasteiger partial charge in [-0.05, 0) is 54.2 Å². The number of hydrogen-bond acceptors (Lipinski definition) is 3. The Morgan fingerprint density at radius 2 is 1.73 bits per heavy atom. The van der Waals surface area contributed by atoms with Crippen molar-refractivity contribution in [1.82, 2.24) is 15.5 Å². The lowest BCUT2D eigenvalue weighted by atomic mass is 9.84. The number of carbonyl (C=O) groups is 2. The minimum Gasteiger partial charge on any atom is -0.334 e. The molecule has 0 radical (unpaired) electrons. The molecular formula is C26H33ClN4O2. The fraction of sp³-hybridized carbons (Fsp3) is 0.462. The Balaban J connectivity index is 1.29. The number of carbonyl (C=O) groups excluding carboxylic acids is 2. The number of anilines is 1. The van der Waals surface area contributed by atoms with Crippen molar-refractivity contribution in [1.29, 1.82) is 0 Å². The second-order valence-electron chi connectivity index (χ2n) is 9.05. The SMILES string of the molecule is O=C(CC1CNCCN1C(=O)NCc1ccc(Cl)cc1)Nc1ccc(C2CCCCC2)cc1. The summed E-state index contributed by atoms with van der Waals surface area (Å²) in [4.78, 5) is 27.3. The molecule has 2 aromatic carbocycles. The Hall–Kier alpha value is -2.57. The van der Waals surface area contributed by atoms with Crippen LogP contribution in [0, 0.1) is 0 Å². The van der Waals surface area contributed by atoms with E-state index in [1.165, 1.54) is 37.7 Å². The maximum atomic E-state index is 12.8. The van der Waals surface area contributed by atoms with Gasteiger partial charge in [0.25, 0.3) is 0 Å². The molecule has 33 heavy (non-hydrogen) atoms. The minimum atomic E-state index is -0.189. The first-order valence-electron chi connectivity index (χ1n) is 12.0. The Bertz CT molecular complexity index is 926. The summed E-state index contributed by atoms with van der Waals surface area (Å²) in [5, 5.41) is 9.93. The molecule has 1 saturated heterocycles. The molecule has 1 atom stereocenters. The van der Waals surface area contributed by atoms with Crippen molar-refractivity contribution in [3.05, 3.63) is 64.7 Å². The summed E-state index contributed by atoms with van der Waals surface area (Å²) in [6, 6.07) is 15.3. The minimum absolute atomic E-state index is 0.0791. The summed E-state index contributed by atoms with van der Waals surface area (Å²) < 4.78 is 0. The van der Waals surface area contributed by atoms with E-state index in [0.29, 0.717) is 30.6 Å². The summed E-state index contributed by atoms with van der Waals surface area (Å²) in [6.07, 6.45) is 6.74. The van der Waals surface area contributed by atoms with Gasteiger partial charge >= 0.3 is 6.03 Å². The topological polar surface area (TPSA) is 73.5 Å². The normalized spacial score (nSPS) is 19.2. The molecule has 176 valence electrons. The maximum Gasteiger partial charge on any atom is 0.318 e. The van der Waals surface area contributed by atoms with E-state index in [2.05, 4.69) is 28.1 Å². The van der Waals surface area contributed by atoms with Gasteiger partial charge in [-0.3, -0.25) is 4.79 Å². The molecule has 2 fully saturated rings. The van der Waals surface area contributed by atoms with Crippen LogP contribution in [0.15, 0.2) is 48.5 Å². The van der Waals surface area contributed by atoms with E-state index in [-0.39, 0.29) is 24.4 Å². The first-order chi connectivity index (χ1) is 16.1. The van der Waals surface area contributed by atoms with Crippen molar-refractivity contribution in [3.63, 3.8) is 0 Å². The molecule has 0 aromatic heterocycles. The van der Waals surface area contributed by atoms with Crippen molar-refractivity contribution < 1.29 is 9.59 Å². The van der Waals surface area contributed by atoms with Crippen LogP contribution in [0.3, 0.4) is 0 Å². The Morgan fingerprint density at radius 3 is 2.45 bits per heavy atom. The van der Waals surface area contributed by atoms with Crippen molar-refractivity contribution in [2.75, 3.05) is 25.0 Å². The van der Waals surface area contributed by atoms with Crippen LogP contribution in [-0.4, -0.2) is 42.5 Å². The highest BCUT2D eigenvalue weighted by Gasteiger charge is 2.28. The van der Waals surface area contributed by atoms with Gasteiger partial charge < -0.3 is 20.9 Å². The summed E-state index contributed by atoms with van der Waals surface area (Å²) in [7, 11) is 0. The summed E-state index contributed by atoms with van der Waals surface area (Å²) in [5.41, 5.74) is 3.16. The predicted molar refractivity (Wildman–Crippen MR) is 133 cm³/mol. The molecule has 6 nitrogen and oxygen atoms in total. The third-order valence-corrected chi connectivity index (χ3v) is 6.91. The van der Waals surface area contributed by atoms with E-state index >= 15 is 0 Å². The van der Waals surface area contributed by atoms with Crippen molar-refractivity contribution in [3.8, 4) is 0 Å². The number of nitrogens with zero attached hydrogens (tertiary/aromatic N) is 1. The third kappa shape index (κ3) is 6.71. The van der Waals surface area contributed by atoms with Crippen LogP contribution in [0.25, 0.3) is 0 Å². The second-order valence-corrected chi connectivity index (χ2v) is 9.48. The lowest BCUT2D eigenvalue weighted by Gasteiger charge is -2.36. The van der Waals surface area contributed by atoms with Crippen LogP contribution >= 0.6 is 11.6 Å². The van der Waals surface area contributed by atoms with Crippen molar-refractivity contribution in [2.24, 2.45) is 0 Å². The van der Waals surface area contributed by atoms with Gasteiger partial charge in [-0.2, -0.15) is 0 Å². The van der Waals surface area contributed by atoms with E-state index in [1.54, 1.807) is 4.90 Å². The highest BCUT2D eigenvalue weighted by Crippen LogP contribution is 2.33. The molecule has 1 unspecified atom stereocenters. The fourth-order valence-electron chi connectivity index (χ4n) is 4.79.